The van der Waals surface area contributed by atoms with E-state index in [1.807, 2.05) is 60.7 Å². The molecule has 0 saturated heterocycles. The zero-order valence-corrected chi connectivity index (χ0v) is 18.9. The lowest BCUT2D eigenvalue weighted by Gasteiger charge is -2.06. The van der Waals surface area contributed by atoms with Gasteiger partial charge in [0.2, 0.25) is 11.1 Å². The Labute approximate surface area is 200 Å². The Morgan fingerprint density at radius 1 is 1.00 bits per heavy atom. The summed E-state index contributed by atoms with van der Waals surface area (Å²) in [5.74, 6) is 0.769. The summed E-state index contributed by atoms with van der Waals surface area (Å²) in [6.07, 6.45) is 0.838. The minimum absolute atomic E-state index is 0.0508. The number of nitrogens with zero attached hydrogens (tertiary/aromatic N) is 5. The summed E-state index contributed by atoms with van der Waals surface area (Å²) in [4.78, 5) is 22.0. The monoisotopic (exact) mass is 461 g/mol. The predicted octanol–water partition coefficient (Wildman–Crippen LogP) is 6.27. The largest absolute Gasteiger partial charge is 0.274 e. The fourth-order valence-electron chi connectivity index (χ4n) is 4.49. The molecular formula is C27H19N5OS. The molecule has 0 radical (unpaired) electrons. The molecule has 1 fully saturated rings. The molecule has 6 nitrogen and oxygen atoms in total. The minimum Gasteiger partial charge on any atom is -0.274 e. The van der Waals surface area contributed by atoms with Crippen LogP contribution in [0.15, 0.2) is 84.0 Å². The number of rotatable bonds is 5. The van der Waals surface area contributed by atoms with E-state index < -0.39 is 0 Å². The van der Waals surface area contributed by atoms with Crippen LogP contribution in [-0.2, 0) is 5.75 Å². The quantitative estimate of drug-likeness (QED) is 0.228. The number of hydrogen-bond donors (Lipinski definition) is 0. The lowest BCUT2D eigenvalue weighted by atomic mass is 10.1. The van der Waals surface area contributed by atoms with Crippen LogP contribution < -0.4 is 0 Å². The standard InChI is InChI=1S/C27H19N5OS/c1-28-22-13-7-5-11-18(22)16-34-27-29-25-24(30-31-27)19-12-6-8-14-23(19)32(25)26(33)21-15-20(21)17-9-3-2-4-10-17/h2-14,20-21H,15-16H2/t20-,21?/m0/s1. The van der Waals surface area contributed by atoms with Gasteiger partial charge in [0, 0.05) is 17.1 Å². The zero-order chi connectivity index (χ0) is 23.1. The Bertz CT molecular complexity index is 1590. The number of aromatic nitrogens is 4. The molecule has 5 aromatic rings. The van der Waals surface area contributed by atoms with Crippen molar-refractivity contribution in [2.24, 2.45) is 5.92 Å². The molecule has 3 aromatic carbocycles. The Morgan fingerprint density at radius 2 is 1.76 bits per heavy atom. The third kappa shape index (κ3) is 3.53. The fraction of sp³-hybridized carbons (Fsp3) is 0.148. The van der Waals surface area contributed by atoms with Crippen LogP contribution >= 0.6 is 11.8 Å². The number of benzene rings is 3. The van der Waals surface area contributed by atoms with Gasteiger partial charge in [-0.05, 0) is 29.5 Å². The van der Waals surface area contributed by atoms with Crippen molar-refractivity contribution in [2.45, 2.75) is 23.2 Å². The summed E-state index contributed by atoms with van der Waals surface area (Å²) >= 11 is 1.42. The molecule has 0 aliphatic heterocycles. The second kappa shape index (κ2) is 8.40. The van der Waals surface area contributed by atoms with E-state index in [4.69, 9.17) is 11.6 Å². The van der Waals surface area contributed by atoms with E-state index in [-0.39, 0.29) is 17.7 Å². The molecule has 0 amide bonds. The van der Waals surface area contributed by atoms with Crippen LogP contribution in [0, 0.1) is 12.5 Å². The lowest BCUT2D eigenvalue weighted by Crippen LogP contribution is -2.14. The smallest absolute Gasteiger partial charge is 0.236 e. The maximum atomic E-state index is 13.7. The number of thioether (sulfide) groups is 1. The first kappa shape index (κ1) is 20.6. The van der Waals surface area contributed by atoms with Gasteiger partial charge in [-0.1, -0.05) is 84.6 Å². The molecule has 0 N–H and O–H groups in total. The van der Waals surface area contributed by atoms with E-state index in [9.17, 15) is 4.79 Å². The van der Waals surface area contributed by atoms with E-state index in [0.29, 0.717) is 27.8 Å². The van der Waals surface area contributed by atoms with Crippen molar-refractivity contribution >= 4 is 45.4 Å². The third-order valence-electron chi connectivity index (χ3n) is 6.29. The van der Waals surface area contributed by atoms with Crippen molar-refractivity contribution in [1.82, 2.24) is 19.7 Å². The molecular weight excluding hydrogens is 442 g/mol. The van der Waals surface area contributed by atoms with Gasteiger partial charge in [0.1, 0.15) is 5.52 Å². The fourth-order valence-corrected chi connectivity index (χ4v) is 5.27. The van der Waals surface area contributed by atoms with Crippen LogP contribution in [0.25, 0.3) is 26.9 Å². The van der Waals surface area contributed by atoms with Crippen molar-refractivity contribution in [1.29, 1.82) is 0 Å². The van der Waals surface area contributed by atoms with Gasteiger partial charge in [0.25, 0.3) is 0 Å². The predicted molar refractivity (Wildman–Crippen MR) is 133 cm³/mol. The van der Waals surface area contributed by atoms with Crippen LogP contribution in [0.2, 0.25) is 0 Å². The summed E-state index contributed by atoms with van der Waals surface area (Å²) in [5, 5.41) is 10.1. The molecule has 0 bridgehead atoms. The number of carbonyl (C=O) groups is 1. The topological polar surface area (TPSA) is 65.0 Å². The molecule has 6 rings (SSSR count). The third-order valence-corrected chi connectivity index (χ3v) is 7.17. The average molecular weight is 462 g/mol. The van der Waals surface area contributed by atoms with E-state index in [1.165, 1.54) is 17.3 Å². The van der Waals surface area contributed by atoms with Gasteiger partial charge in [-0.25, -0.2) is 9.83 Å². The van der Waals surface area contributed by atoms with E-state index >= 15 is 0 Å². The molecule has 1 saturated carbocycles. The molecule has 1 unspecified atom stereocenters. The molecule has 2 atom stereocenters. The highest BCUT2D eigenvalue weighted by molar-refractivity contribution is 7.98. The van der Waals surface area contributed by atoms with Crippen LogP contribution in [-0.4, -0.2) is 25.7 Å². The first-order valence-corrected chi connectivity index (χ1v) is 12.0. The van der Waals surface area contributed by atoms with Gasteiger partial charge in [-0.3, -0.25) is 9.36 Å². The van der Waals surface area contributed by atoms with E-state index in [2.05, 4.69) is 27.2 Å². The second-order valence-corrected chi connectivity index (χ2v) is 9.29. The van der Waals surface area contributed by atoms with Crippen molar-refractivity contribution in [2.75, 3.05) is 0 Å². The molecule has 1 aliphatic carbocycles. The van der Waals surface area contributed by atoms with Crippen molar-refractivity contribution < 1.29 is 4.79 Å². The summed E-state index contributed by atoms with van der Waals surface area (Å²) in [6, 6.07) is 25.5. The molecule has 1 aliphatic rings. The number of carbonyl (C=O) groups excluding carboxylic acids is 1. The Balaban J connectivity index is 1.37. The molecule has 2 aromatic heterocycles. The number of hydrogen-bond acceptors (Lipinski definition) is 5. The second-order valence-electron chi connectivity index (χ2n) is 8.35. The van der Waals surface area contributed by atoms with Crippen LogP contribution in [0.5, 0.6) is 0 Å². The van der Waals surface area contributed by atoms with Gasteiger partial charge >= 0.3 is 0 Å². The zero-order valence-electron chi connectivity index (χ0n) is 18.1. The SMILES string of the molecule is [C-]#[N+]c1ccccc1CSc1nnc2c3ccccc3n(C(=O)C3C[C@H]3c3ccccc3)c2n1. The van der Waals surface area contributed by atoms with Gasteiger partial charge < -0.3 is 0 Å². The van der Waals surface area contributed by atoms with Crippen molar-refractivity contribution in [3.8, 4) is 0 Å². The summed E-state index contributed by atoms with van der Waals surface area (Å²) < 4.78 is 1.73. The summed E-state index contributed by atoms with van der Waals surface area (Å²) in [7, 11) is 0. The first-order valence-electron chi connectivity index (χ1n) is 11.1. The highest BCUT2D eigenvalue weighted by Gasteiger charge is 2.45. The van der Waals surface area contributed by atoms with Crippen LogP contribution in [0.3, 0.4) is 0 Å². The summed E-state index contributed by atoms with van der Waals surface area (Å²) in [6.45, 7) is 7.37. The highest BCUT2D eigenvalue weighted by atomic mass is 32.2. The van der Waals surface area contributed by atoms with Crippen molar-refractivity contribution in [3.63, 3.8) is 0 Å². The number of fused-ring (bicyclic) bond motifs is 3. The lowest BCUT2D eigenvalue weighted by molar-refractivity contribution is 0.0893. The van der Waals surface area contributed by atoms with E-state index in [0.717, 1.165) is 22.9 Å². The van der Waals surface area contributed by atoms with Crippen molar-refractivity contribution in [3.05, 3.63) is 101 Å². The maximum absolute atomic E-state index is 13.7. The van der Waals surface area contributed by atoms with Gasteiger partial charge in [0.05, 0.1) is 12.1 Å². The van der Waals surface area contributed by atoms with E-state index in [1.54, 1.807) is 10.6 Å². The van der Waals surface area contributed by atoms with Gasteiger partial charge in [-0.15, -0.1) is 10.2 Å². The maximum Gasteiger partial charge on any atom is 0.236 e. The molecule has 164 valence electrons. The summed E-state index contributed by atoms with van der Waals surface area (Å²) in [5.41, 5.74) is 4.72. The normalized spacial score (nSPS) is 17.0. The molecule has 2 heterocycles. The van der Waals surface area contributed by atoms with Gasteiger partial charge in [0.15, 0.2) is 11.3 Å². The molecule has 0 spiro atoms. The Kier molecular flexibility index (Phi) is 5.08. The van der Waals surface area contributed by atoms with Gasteiger partial charge in [-0.2, -0.15) is 0 Å². The molecule has 34 heavy (non-hydrogen) atoms. The minimum atomic E-state index is -0.0713. The van der Waals surface area contributed by atoms with Crippen LogP contribution in [0.4, 0.5) is 5.69 Å². The average Bonchev–Trinajstić information content (AvgIpc) is 3.63. The molecule has 7 heteroatoms. The Morgan fingerprint density at radius 3 is 2.62 bits per heavy atom. The first-order chi connectivity index (χ1) is 16.7. The highest BCUT2D eigenvalue weighted by Crippen LogP contribution is 2.49. The number of para-hydroxylation sites is 2. The Hall–Kier alpha value is -4.02. The van der Waals surface area contributed by atoms with Crippen LogP contribution in [0.1, 0.15) is 28.3 Å².